The molecule has 6 nitrogen and oxygen atoms in total. The quantitative estimate of drug-likeness (QED) is 0.346. The summed E-state index contributed by atoms with van der Waals surface area (Å²) < 4.78 is 13.7. The highest BCUT2D eigenvalue weighted by atomic mass is 127. The highest BCUT2D eigenvalue weighted by molar-refractivity contribution is 14.0. The van der Waals surface area contributed by atoms with Crippen molar-refractivity contribution in [2.75, 3.05) is 44.7 Å². The van der Waals surface area contributed by atoms with Crippen LogP contribution in [-0.2, 0) is 11.3 Å². The Morgan fingerprint density at radius 1 is 1.00 bits per heavy atom. The van der Waals surface area contributed by atoms with E-state index in [9.17, 15) is 9.18 Å². The summed E-state index contributed by atoms with van der Waals surface area (Å²) in [4.78, 5) is 20.8. The van der Waals surface area contributed by atoms with Crippen molar-refractivity contribution in [1.29, 1.82) is 0 Å². The summed E-state index contributed by atoms with van der Waals surface area (Å²) >= 11 is 0. The van der Waals surface area contributed by atoms with Gasteiger partial charge in [-0.2, -0.15) is 0 Å². The largest absolute Gasteiger partial charge is 0.368 e. The van der Waals surface area contributed by atoms with Gasteiger partial charge in [-0.25, -0.2) is 4.39 Å². The number of guanidine groups is 1. The fraction of sp³-hybridized carbons (Fsp3) is 0.364. The predicted molar refractivity (Wildman–Crippen MR) is 130 cm³/mol. The van der Waals surface area contributed by atoms with Crippen molar-refractivity contribution in [3.63, 3.8) is 0 Å². The molecule has 1 saturated heterocycles. The van der Waals surface area contributed by atoms with E-state index < -0.39 is 0 Å². The maximum Gasteiger partial charge on any atom is 0.224 e. The number of amides is 1. The lowest BCUT2D eigenvalue weighted by atomic mass is 10.2. The lowest BCUT2D eigenvalue weighted by Crippen LogP contribution is -2.49. The van der Waals surface area contributed by atoms with Gasteiger partial charge in [0, 0.05) is 64.0 Å². The maximum absolute atomic E-state index is 13.7. The zero-order valence-corrected chi connectivity index (χ0v) is 19.5. The molecular formula is C22H29FIN5O. The van der Waals surface area contributed by atoms with Crippen LogP contribution in [0.2, 0.25) is 0 Å². The van der Waals surface area contributed by atoms with Gasteiger partial charge in [0.1, 0.15) is 5.82 Å². The van der Waals surface area contributed by atoms with E-state index in [1.807, 2.05) is 23.1 Å². The Hall–Kier alpha value is -2.36. The number of halogens is 2. The van der Waals surface area contributed by atoms with Gasteiger partial charge in [0.05, 0.1) is 0 Å². The molecule has 162 valence electrons. The lowest BCUT2D eigenvalue weighted by Gasteiger charge is -2.36. The van der Waals surface area contributed by atoms with Crippen LogP contribution in [0.15, 0.2) is 59.6 Å². The molecule has 0 atom stereocenters. The summed E-state index contributed by atoms with van der Waals surface area (Å²) in [5.74, 6) is 0.435. The molecule has 1 heterocycles. The standard InChI is InChI=1S/C22H28FN5O.HI/c1-24-22(26-17-18-7-5-6-10-20(18)23)25-12-11-21(29)28-15-13-27(14-16-28)19-8-3-2-4-9-19;/h2-10H,11-17H2,1H3,(H2,24,25,26);1H. The molecule has 0 saturated carbocycles. The van der Waals surface area contributed by atoms with E-state index in [1.54, 1.807) is 25.2 Å². The first kappa shape index (κ1) is 23.9. The van der Waals surface area contributed by atoms with Gasteiger partial charge in [-0.1, -0.05) is 36.4 Å². The van der Waals surface area contributed by atoms with Gasteiger partial charge < -0.3 is 20.4 Å². The molecule has 0 radical (unpaired) electrons. The Labute approximate surface area is 194 Å². The number of hydrogen-bond acceptors (Lipinski definition) is 3. The first-order chi connectivity index (χ1) is 14.2. The summed E-state index contributed by atoms with van der Waals surface area (Å²) in [5.41, 5.74) is 1.77. The minimum atomic E-state index is -0.250. The average Bonchev–Trinajstić information content (AvgIpc) is 2.77. The van der Waals surface area contributed by atoms with Crippen LogP contribution < -0.4 is 15.5 Å². The van der Waals surface area contributed by atoms with Crippen molar-refractivity contribution in [2.45, 2.75) is 13.0 Å². The van der Waals surface area contributed by atoms with Crippen LogP contribution >= 0.6 is 24.0 Å². The third kappa shape index (κ3) is 6.86. The molecule has 0 bridgehead atoms. The molecule has 1 aliphatic heterocycles. The van der Waals surface area contributed by atoms with Crippen LogP contribution in [0.3, 0.4) is 0 Å². The number of rotatable bonds is 6. The number of anilines is 1. The van der Waals surface area contributed by atoms with Gasteiger partial charge in [0.2, 0.25) is 5.91 Å². The number of hydrogen-bond donors (Lipinski definition) is 2. The van der Waals surface area contributed by atoms with Crippen molar-refractivity contribution in [3.8, 4) is 0 Å². The van der Waals surface area contributed by atoms with Gasteiger partial charge in [-0.05, 0) is 18.2 Å². The van der Waals surface area contributed by atoms with E-state index in [0.29, 0.717) is 31.0 Å². The predicted octanol–water partition coefficient (Wildman–Crippen LogP) is 2.85. The second-order valence-corrected chi connectivity index (χ2v) is 6.90. The van der Waals surface area contributed by atoms with Gasteiger partial charge in [0.15, 0.2) is 5.96 Å². The summed E-state index contributed by atoms with van der Waals surface area (Å²) in [6.07, 6.45) is 0.395. The zero-order valence-electron chi connectivity index (χ0n) is 17.2. The number of carbonyl (C=O) groups excluding carboxylic acids is 1. The highest BCUT2D eigenvalue weighted by Crippen LogP contribution is 2.15. The summed E-state index contributed by atoms with van der Waals surface area (Å²) in [7, 11) is 1.65. The molecule has 0 unspecified atom stereocenters. The molecule has 1 aliphatic rings. The first-order valence-corrected chi connectivity index (χ1v) is 9.93. The summed E-state index contributed by atoms with van der Waals surface area (Å²) in [6, 6.07) is 16.9. The Balaban J connectivity index is 0.00000320. The Morgan fingerprint density at radius 2 is 1.67 bits per heavy atom. The molecule has 1 fully saturated rings. The molecular weight excluding hydrogens is 496 g/mol. The SMILES string of the molecule is CN=C(NCCC(=O)N1CCN(c2ccccc2)CC1)NCc1ccccc1F.I. The molecule has 2 N–H and O–H groups in total. The second-order valence-electron chi connectivity index (χ2n) is 6.90. The third-order valence-electron chi connectivity index (χ3n) is 5.01. The molecule has 0 aromatic heterocycles. The van der Waals surface area contributed by atoms with Gasteiger partial charge >= 0.3 is 0 Å². The Bertz CT molecular complexity index is 825. The van der Waals surface area contributed by atoms with Crippen molar-refractivity contribution in [2.24, 2.45) is 4.99 Å². The van der Waals surface area contributed by atoms with Gasteiger partial charge in [-0.15, -0.1) is 24.0 Å². The second kappa shape index (κ2) is 12.4. The fourth-order valence-corrected chi connectivity index (χ4v) is 3.34. The molecule has 0 spiro atoms. The topological polar surface area (TPSA) is 60.0 Å². The van der Waals surface area contributed by atoms with Crippen LogP contribution in [0.1, 0.15) is 12.0 Å². The van der Waals surface area contributed by atoms with Crippen LogP contribution in [0, 0.1) is 5.82 Å². The smallest absolute Gasteiger partial charge is 0.224 e. The van der Waals surface area contributed by atoms with E-state index >= 15 is 0 Å². The number of nitrogens with zero attached hydrogens (tertiary/aromatic N) is 3. The number of benzene rings is 2. The first-order valence-electron chi connectivity index (χ1n) is 9.93. The Morgan fingerprint density at radius 3 is 2.33 bits per heavy atom. The molecule has 0 aliphatic carbocycles. The zero-order chi connectivity index (χ0) is 20.5. The number of carbonyl (C=O) groups is 1. The van der Waals surface area contributed by atoms with Gasteiger partial charge in [-0.3, -0.25) is 9.79 Å². The monoisotopic (exact) mass is 525 g/mol. The number of piperazine rings is 1. The van der Waals surface area contributed by atoms with Crippen molar-refractivity contribution < 1.29 is 9.18 Å². The highest BCUT2D eigenvalue weighted by Gasteiger charge is 2.20. The van der Waals surface area contributed by atoms with Crippen LogP contribution in [-0.4, -0.2) is 56.5 Å². The maximum atomic E-state index is 13.7. The normalized spacial score (nSPS) is 14.1. The third-order valence-corrected chi connectivity index (χ3v) is 5.01. The molecule has 2 aromatic rings. The number of aliphatic imine (C=N–C) groups is 1. The average molecular weight is 525 g/mol. The van der Waals surface area contributed by atoms with Crippen LogP contribution in [0.5, 0.6) is 0 Å². The Kier molecular flexibility index (Phi) is 9.85. The number of nitrogens with one attached hydrogen (secondary N) is 2. The van der Waals surface area contributed by atoms with Crippen molar-refractivity contribution >= 4 is 41.5 Å². The van der Waals surface area contributed by atoms with Crippen LogP contribution in [0.25, 0.3) is 0 Å². The lowest BCUT2D eigenvalue weighted by molar-refractivity contribution is -0.131. The molecule has 2 aromatic carbocycles. The van der Waals surface area contributed by atoms with E-state index in [2.05, 4.69) is 32.7 Å². The minimum Gasteiger partial charge on any atom is -0.368 e. The minimum absolute atomic E-state index is 0. The summed E-state index contributed by atoms with van der Waals surface area (Å²) in [5, 5.41) is 6.19. The van der Waals surface area contributed by atoms with E-state index in [1.165, 1.54) is 11.8 Å². The van der Waals surface area contributed by atoms with Crippen molar-refractivity contribution in [3.05, 3.63) is 66.0 Å². The molecule has 8 heteroatoms. The molecule has 1 amide bonds. The summed E-state index contributed by atoms with van der Waals surface area (Å²) in [6.45, 7) is 3.96. The molecule has 30 heavy (non-hydrogen) atoms. The van der Waals surface area contributed by atoms with Crippen molar-refractivity contribution in [1.82, 2.24) is 15.5 Å². The van der Waals surface area contributed by atoms with E-state index in [4.69, 9.17) is 0 Å². The van der Waals surface area contributed by atoms with Gasteiger partial charge in [0.25, 0.3) is 0 Å². The van der Waals surface area contributed by atoms with E-state index in [-0.39, 0.29) is 35.7 Å². The van der Waals surface area contributed by atoms with E-state index in [0.717, 1.165) is 26.2 Å². The fourth-order valence-electron chi connectivity index (χ4n) is 3.34. The molecule has 3 rings (SSSR count). The van der Waals surface area contributed by atoms with Crippen LogP contribution in [0.4, 0.5) is 10.1 Å². The number of para-hydroxylation sites is 1.